The molecule has 0 aromatic carbocycles. The molecule has 0 radical (unpaired) electrons. The Morgan fingerprint density at radius 3 is 3.06 bits per heavy atom. The van der Waals surface area contributed by atoms with E-state index in [9.17, 15) is 4.79 Å². The minimum atomic E-state index is -0.114. The molecule has 0 spiro atoms. The Morgan fingerprint density at radius 1 is 1.62 bits per heavy atom. The summed E-state index contributed by atoms with van der Waals surface area (Å²) in [6.07, 6.45) is 2.48. The van der Waals surface area contributed by atoms with E-state index < -0.39 is 0 Å². The van der Waals surface area contributed by atoms with Crippen LogP contribution < -0.4 is 11.0 Å². The van der Waals surface area contributed by atoms with Crippen LogP contribution in [-0.2, 0) is 0 Å². The van der Waals surface area contributed by atoms with Gasteiger partial charge in [-0.1, -0.05) is 11.8 Å². The third-order valence-electron chi connectivity index (χ3n) is 2.76. The number of hydrogen-bond donors (Lipinski definition) is 2. The number of aromatic nitrogens is 3. The van der Waals surface area contributed by atoms with Crippen LogP contribution in [0.3, 0.4) is 0 Å². The zero-order valence-electron chi connectivity index (χ0n) is 9.69. The van der Waals surface area contributed by atoms with Gasteiger partial charge in [-0.3, -0.25) is 4.57 Å². The average molecular weight is 242 g/mol. The number of nitrogens with one attached hydrogen (secondary N) is 2. The monoisotopic (exact) mass is 242 g/mol. The molecule has 0 bridgehead atoms. The van der Waals surface area contributed by atoms with Crippen molar-refractivity contribution in [2.45, 2.75) is 43.9 Å². The van der Waals surface area contributed by atoms with Crippen molar-refractivity contribution in [3.63, 3.8) is 0 Å². The first-order valence-corrected chi connectivity index (χ1v) is 6.70. The molecular weight excluding hydrogens is 224 g/mol. The molecule has 90 valence electrons. The fraction of sp³-hybridized carbons (Fsp3) is 0.800. The molecule has 0 aliphatic carbocycles. The van der Waals surface area contributed by atoms with Gasteiger partial charge in [0.25, 0.3) is 0 Å². The maximum atomic E-state index is 11.5. The summed E-state index contributed by atoms with van der Waals surface area (Å²) in [5.74, 6) is 0.983. The number of hydrogen-bond acceptors (Lipinski definition) is 4. The van der Waals surface area contributed by atoms with E-state index in [0.29, 0.717) is 6.04 Å². The zero-order valence-corrected chi connectivity index (χ0v) is 10.5. The number of thioether (sulfide) groups is 1. The van der Waals surface area contributed by atoms with Gasteiger partial charge in [0.1, 0.15) is 0 Å². The van der Waals surface area contributed by atoms with Crippen molar-refractivity contribution in [1.29, 1.82) is 0 Å². The molecule has 2 N–H and O–H groups in total. The Balaban J connectivity index is 2.00. The van der Waals surface area contributed by atoms with Gasteiger partial charge in [-0.05, 0) is 33.2 Å². The van der Waals surface area contributed by atoms with Crippen molar-refractivity contribution in [1.82, 2.24) is 20.1 Å². The number of H-pyrrole nitrogens is 1. The molecule has 16 heavy (non-hydrogen) atoms. The van der Waals surface area contributed by atoms with Gasteiger partial charge in [0, 0.05) is 17.8 Å². The van der Waals surface area contributed by atoms with Gasteiger partial charge in [0.15, 0.2) is 5.16 Å². The molecule has 1 aromatic heterocycles. The molecule has 2 rings (SSSR count). The summed E-state index contributed by atoms with van der Waals surface area (Å²) in [7, 11) is 0. The maximum Gasteiger partial charge on any atom is 0.344 e. The van der Waals surface area contributed by atoms with Crippen molar-refractivity contribution in [3.05, 3.63) is 10.5 Å². The smallest absolute Gasteiger partial charge is 0.313 e. The van der Waals surface area contributed by atoms with E-state index in [1.807, 2.05) is 13.8 Å². The molecule has 6 heteroatoms. The number of aromatic amines is 1. The Hall–Kier alpha value is -0.750. The van der Waals surface area contributed by atoms with E-state index in [-0.39, 0.29) is 11.7 Å². The molecule has 1 aromatic rings. The summed E-state index contributed by atoms with van der Waals surface area (Å²) < 4.78 is 1.71. The predicted molar refractivity (Wildman–Crippen MR) is 65.0 cm³/mol. The Labute approximate surface area is 99.0 Å². The van der Waals surface area contributed by atoms with Gasteiger partial charge >= 0.3 is 5.69 Å². The van der Waals surface area contributed by atoms with E-state index in [0.717, 1.165) is 17.5 Å². The SMILES string of the molecule is CC(C)n1c(SCC2CCCN2)n[nH]c1=O. The Kier molecular flexibility index (Phi) is 3.70. The third kappa shape index (κ3) is 2.49. The van der Waals surface area contributed by atoms with Crippen LogP contribution in [0.4, 0.5) is 0 Å². The summed E-state index contributed by atoms with van der Waals surface area (Å²) in [4.78, 5) is 11.5. The second-order valence-electron chi connectivity index (χ2n) is 4.38. The van der Waals surface area contributed by atoms with Crippen molar-refractivity contribution in [3.8, 4) is 0 Å². The fourth-order valence-electron chi connectivity index (χ4n) is 1.92. The highest BCUT2D eigenvalue weighted by molar-refractivity contribution is 7.99. The van der Waals surface area contributed by atoms with E-state index >= 15 is 0 Å². The van der Waals surface area contributed by atoms with Crippen LogP contribution in [0.2, 0.25) is 0 Å². The molecule has 1 aliphatic heterocycles. The molecule has 1 aliphatic rings. The zero-order chi connectivity index (χ0) is 11.5. The lowest BCUT2D eigenvalue weighted by atomic mass is 10.3. The minimum absolute atomic E-state index is 0.114. The molecule has 1 unspecified atom stereocenters. The average Bonchev–Trinajstić information content (AvgIpc) is 2.83. The van der Waals surface area contributed by atoms with Gasteiger partial charge in [-0.2, -0.15) is 0 Å². The molecule has 0 amide bonds. The van der Waals surface area contributed by atoms with E-state index in [4.69, 9.17) is 0 Å². The first kappa shape index (κ1) is 11.7. The molecule has 1 fully saturated rings. The van der Waals surface area contributed by atoms with E-state index in [2.05, 4.69) is 15.5 Å². The first-order valence-electron chi connectivity index (χ1n) is 5.71. The lowest BCUT2D eigenvalue weighted by molar-refractivity contribution is 0.533. The Morgan fingerprint density at radius 2 is 2.44 bits per heavy atom. The standard InChI is InChI=1S/C10H18N4OS/c1-7(2)14-9(15)12-13-10(14)16-6-8-4-3-5-11-8/h7-8,11H,3-6H2,1-2H3,(H,12,15). The van der Waals surface area contributed by atoms with Crippen LogP contribution in [-0.4, -0.2) is 33.1 Å². The maximum absolute atomic E-state index is 11.5. The second-order valence-corrected chi connectivity index (χ2v) is 5.37. The highest BCUT2D eigenvalue weighted by Crippen LogP contribution is 2.20. The predicted octanol–water partition coefficient (Wildman–Crippen LogP) is 0.996. The summed E-state index contributed by atoms with van der Waals surface area (Å²) in [6.45, 7) is 5.10. The molecule has 1 atom stereocenters. The number of rotatable bonds is 4. The van der Waals surface area contributed by atoms with Crippen molar-refractivity contribution >= 4 is 11.8 Å². The summed E-state index contributed by atoms with van der Waals surface area (Å²) >= 11 is 1.65. The van der Waals surface area contributed by atoms with Crippen LogP contribution in [0.25, 0.3) is 0 Å². The largest absolute Gasteiger partial charge is 0.344 e. The van der Waals surface area contributed by atoms with Crippen molar-refractivity contribution < 1.29 is 0 Å². The molecule has 1 saturated heterocycles. The highest BCUT2D eigenvalue weighted by Gasteiger charge is 2.17. The lowest BCUT2D eigenvalue weighted by Gasteiger charge is -2.11. The van der Waals surface area contributed by atoms with E-state index in [1.165, 1.54) is 12.8 Å². The molecule has 0 saturated carbocycles. The van der Waals surface area contributed by atoms with Crippen LogP contribution in [0.5, 0.6) is 0 Å². The quantitative estimate of drug-likeness (QED) is 0.773. The van der Waals surface area contributed by atoms with Crippen molar-refractivity contribution in [2.75, 3.05) is 12.3 Å². The Bertz CT molecular complexity index is 392. The summed E-state index contributed by atoms with van der Waals surface area (Å²) in [6, 6.07) is 0.725. The van der Waals surface area contributed by atoms with Crippen LogP contribution in [0, 0.1) is 0 Å². The van der Waals surface area contributed by atoms with Gasteiger partial charge in [-0.25, -0.2) is 9.89 Å². The third-order valence-corrected chi connectivity index (χ3v) is 3.88. The molecule has 5 nitrogen and oxygen atoms in total. The summed E-state index contributed by atoms with van der Waals surface area (Å²) in [5.41, 5.74) is -0.114. The van der Waals surface area contributed by atoms with Crippen LogP contribution in [0.1, 0.15) is 32.7 Å². The van der Waals surface area contributed by atoms with Gasteiger partial charge in [-0.15, -0.1) is 5.10 Å². The fourth-order valence-corrected chi connectivity index (χ4v) is 3.10. The van der Waals surface area contributed by atoms with Crippen LogP contribution in [0.15, 0.2) is 9.95 Å². The number of nitrogens with zero attached hydrogens (tertiary/aromatic N) is 2. The highest BCUT2D eigenvalue weighted by atomic mass is 32.2. The van der Waals surface area contributed by atoms with E-state index in [1.54, 1.807) is 16.3 Å². The lowest BCUT2D eigenvalue weighted by Crippen LogP contribution is -2.24. The normalized spacial score (nSPS) is 20.8. The van der Waals surface area contributed by atoms with Gasteiger partial charge in [0.05, 0.1) is 0 Å². The minimum Gasteiger partial charge on any atom is -0.313 e. The topological polar surface area (TPSA) is 62.7 Å². The molecular formula is C10H18N4OS. The molecule has 2 heterocycles. The second kappa shape index (κ2) is 5.05. The summed E-state index contributed by atoms with van der Waals surface area (Å²) in [5, 5.41) is 10.8. The van der Waals surface area contributed by atoms with Crippen LogP contribution >= 0.6 is 11.8 Å². The van der Waals surface area contributed by atoms with Crippen molar-refractivity contribution in [2.24, 2.45) is 0 Å². The van der Waals surface area contributed by atoms with Gasteiger partial charge < -0.3 is 5.32 Å². The van der Waals surface area contributed by atoms with Gasteiger partial charge in [0.2, 0.25) is 0 Å². The first-order chi connectivity index (χ1) is 7.68.